The van der Waals surface area contributed by atoms with Crippen molar-refractivity contribution in [3.05, 3.63) is 88.6 Å². The lowest BCUT2D eigenvalue weighted by molar-refractivity contribution is -0.137. The van der Waals surface area contributed by atoms with Crippen LogP contribution in [0.2, 0.25) is 0 Å². The molecule has 0 fully saturated rings. The first kappa shape index (κ1) is 23.9. The quantitative estimate of drug-likeness (QED) is 0.392. The highest BCUT2D eigenvalue weighted by Gasteiger charge is 2.32. The molecule has 0 radical (unpaired) electrons. The maximum atomic E-state index is 13.8. The van der Waals surface area contributed by atoms with Crippen LogP contribution in [0.15, 0.2) is 66.9 Å². The van der Waals surface area contributed by atoms with Gasteiger partial charge in [0, 0.05) is 23.7 Å². The third-order valence-electron chi connectivity index (χ3n) is 5.72. The van der Waals surface area contributed by atoms with E-state index >= 15 is 0 Å². The second kappa shape index (κ2) is 9.18. The van der Waals surface area contributed by atoms with E-state index in [1.54, 1.807) is 18.0 Å². The highest BCUT2D eigenvalue weighted by atomic mass is 32.1. The summed E-state index contributed by atoms with van der Waals surface area (Å²) in [5.74, 6) is 0.317. The summed E-state index contributed by atoms with van der Waals surface area (Å²) in [6, 6.07) is 8.56. The molecule has 4 nitrogen and oxygen atoms in total. The Labute approximate surface area is 200 Å². The van der Waals surface area contributed by atoms with Crippen molar-refractivity contribution in [3.63, 3.8) is 0 Å². The monoisotopic (exact) mass is 483 g/mol. The van der Waals surface area contributed by atoms with E-state index in [0.29, 0.717) is 33.5 Å². The Balaban J connectivity index is 1.67. The molecule has 176 valence electrons. The van der Waals surface area contributed by atoms with Crippen molar-refractivity contribution in [2.45, 2.75) is 33.4 Å². The molecule has 4 rings (SSSR count). The predicted molar refractivity (Wildman–Crippen MR) is 129 cm³/mol. The van der Waals surface area contributed by atoms with Crippen LogP contribution < -0.4 is 4.90 Å². The molecule has 34 heavy (non-hydrogen) atoms. The first-order valence-electron chi connectivity index (χ1n) is 10.8. The van der Waals surface area contributed by atoms with Crippen LogP contribution in [0.3, 0.4) is 0 Å². The fourth-order valence-corrected chi connectivity index (χ4v) is 4.79. The maximum absolute atomic E-state index is 13.8. The van der Waals surface area contributed by atoms with Gasteiger partial charge in [0.15, 0.2) is 0 Å². The number of aryl methyl sites for hydroxylation is 2. The Morgan fingerprint density at radius 1 is 1.12 bits per heavy atom. The van der Waals surface area contributed by atoms with E-state index < -0.39 is 11.7 Å². The second-order valence-corrected chi connectivity index (χ2v) is 9.74. The van der Waals surface area contributed by atoms with E-state index in [4.69, 9.17) is 0 Å². The van der Waals surface area contributed by atoms with Crippen molar-refractivity contribution in [3.8, 4) is 10.6 Å². The number of aromatic nitrogens is 2. The largest absolute Gasteiger partial charge is 0.416 e. The molecular formula is C26H24F3N3OS. The molecule has 1 unspecified atom stereocenters. The molecular weight excluding hydrogens is 459 g/mol. The van der Waals surface area contributed by atoms with Crippen molar-refractivity contribution in [1.29, 1.82) is 0 Å². The van der Waals surface area contributed by atoms with Gasteiger partial charge in [0.1, 0.15) is 15.7 Å². The molecule has 1 amide bonds. The first-order valence-corrected chi connectivity index (χ1v) is 11.6. The Morgan fingerprint density at radius 2 is 1.85 bits per heavy atom. The zero-order chi connectivity index (χ0) is 24.5. The number of benzene rings is 1. The van der Waals surface area contributed by atoms with E-state index in [0.717, 1.165) is 24.1 Å². The average Bonchev–Trinajstić information content (AvgIpc) is 3.19. The molecule has 0 spiro atoms. The van der Waals surface area contributed by atoms with Crippen LogP contribution in [0.4, 0.5) is 19.0 Å². The molecule has 2 aromatic heterocycles. The molecule has 8 heteroatoms. The fourth-order valence-electron chi connectivity index (χ4n) is 3.77. The number of carbonyl (C=O) groups is 1. The summed E-state index contributed by atoms with van der Waals surface area (Å²) >= 11 is 1.18. The Hall–Kier alpha value is -3.26. The minimum Gasteiger partial charge on any atom is -0.291 e. The number of rotatable bonds is 5. The zero-order valence-corrected chi connectivity index (χ0v) is 19.9. The molecule has 0 saturated carbocycles. The number of nitrogens with zero attached hydrogens (tertiary/aromatic N) is 3. The minimum absolute atomic E-state index is 0.228. The SMILES string of the molecule is Cc1ccc(N(CC2(C)C=CC=CC2)C(=O)c2sc(-c3ccc(C(F)(F)F)cc3)nc2C)nc1. The number of hydrogen-bond donors (Lipinski definition) is 0. The Bertz CT molecular complexity index is 1240. The lowest BCUT2D eigenvalue weighted by Crippen LogP contribution is -2.40. The van der Waals surface area contributed by atoms with Crippen LogP contribution in [0.1, 0.15) is 39.8 Å². The lowest BCUT2D eigenvalue weighted by Gasteiger charge is -2.33. The van der Waals surface area contributed by atoms with E-state index in [1.807, 2.05) is 31.2 Å². The summed E-state index contributed by atoms with van der Waals surface area (Å²) < 4.78 is 38.7. The van der Waals surface area contributed by atoms with Crippen molar-refractivity contribution in [2.24, 2.45) is 5.41 Å². The van der Waals surface area contributed by atoms with Gasteiger partial charge in [-0.3, -0.25) is 9.69 Å². The Morgan fingerprint density at radius 3 is 2.44 bits per heavy atom. The molecule has 1 aliphatic carbocycles. The summed E-state index contributed by atoms with van der Waals surface area (Å²) in [5.41, 5.74) is 1.08. The topological polar surface area (TPSA) is 46.1 Å². The average molecular weight is 484 g/mol. The number of halogens is 3. The minimum atomic E-state index is -4.40. The number of alkyl halides is 3. The molecule has 1 atom stereocenters. The van der Waals surface area contributed by atoms with E-state index in [-0.39, 0.29) is 11.3 Å². The molecule has 0 N–H and O–H groups in total. The molecule has 0 aliphatic heterocycles. The molecule has 1 aliphatic rings. The van der Waals surface area contributed by atoms with Gasteiger partial charge in [-0.1, -0.05) is 49.4 Å². The number of amides is 1. The van der Waals surface area contributed by atoms with Crippen LogP contribution >= 0.6 is 11.3 Å². The van der Waals surface area contributed by atoms with E-state index in [1.165, 1.54) is 23.5 Å². The van der Waals surface area contributed by atoms with Gasteiger partial charge in [-0.2, -0.15) is 13.2 Å². The van der Waals surface area contributed by atoms with Crippen LogP contribution in [0, 0.1) is 19.3 Å². The standard InChI is InChI=1S/C26H24F3N3OS/c1-17-7-12-21(30-15-17)32(16-25(3)13-5-4-6-14-25)24(33)22-18(2)31-23(34-22)19-8-10-20(11-9-19)26(27,28)29/h4-13,15H,14,16H2,1-3H3. The molecule has 2 heterocycles. The normalized spacial score (nSPS) is 17.7. The number of thiazole rings is 1. The van der Waals surface area contributed by atoms with Crippen molar-refractivity contribution < 1.29 is 18.0 Å². The summed E-state index contributed by atoms with van der Waals surface area (Å²) in [6.45, 7) is 6.19. The molecule has 1 aromatic carbocycles. The maximum Gasteiger partial charge on any atom is 0.416 e. The van der Waals surface area contributed by atoms with Gasteiger partial charge in [0.25, 0.3) is 5.91 Å². The first-order chi connectivity index (χ1) is 16.1. The van der Waals surface area contributed by atoms with Gasteiger partial charge >= 0.3 is 6.18 Å². The van der Waals surface area contributed by atoms with Gasteiger partial charge in [0.05, 0.1) is 11.3 Å². The van der Waals surface area contributed by atoms with Gasteiger partial charge in [-0.15, -0.1) is 11.3 Å². The highest BCUT2D eigenvalue weighted by Crippen LogP contribution is 2.35. The lowest BCUT2D eigenvalue weighted by atomic mass is 9.83. The molecule has 0 bridgehead atoms. The van der Waals surface area contributed by atoms with Crippen LogP contribution in [-0.2, 0) is 6.18 Å². The van der Waals surface area contributed by atoms with Gasteiger partial charge in [0.2, 0.25) is 0 Å². The summed E-state index contributed by atoms with van der Waals surface area (Å²) in [4.78, 5) is 24.9. The predicted octanol–water partition coefficient (Wildman–Crippen LogP) is 7.01. The van der Waals surface area contributed by atoms with Gasteiger partial charge < -0.3 is 0 Å². The summed E-state index contributed by atoms with van der Waals surface area (Å²) in [5, 5.41) is 0.498. The van der Waals surface area contributed by atoms with E-state index in [2.05, 4.69) is 29.0 Å². The number of pyridine rings is 1. The van der Waals surface area contributed by atoms with E-state index in [9.17, 15) is 18.0 Å². The van der Waals surface area contributed by atoms with Gasteiger partial charge in [-0.05, 0) is 44.0 Å². The Kier molecular flexibility index (Phi) is 6.45. The second-order valence-electron chi connectivity index (χ2n) is 8.74. The number of carbonyl (C=O) groups excluding carboxylic acids is 1. The zero-order valence-electron chi connectivity index (χ0n) is 19.1. The summed E-state index contributed by atoms with van der Waals surface area (Å²) in [6.07, 6.45) is 6.25. The van der Waals surface area contributed by atoms with Crippen LogP contribution in [0.5, 0.6) is 0 Å². The third-order valence-corrected chi connectivity index (χ3v) is 6.91. The highest BCUT2D eigenvalue weighted by molar-refractivity contribution is 7.17. The third kappa shape index (κ3) is 5.12. The van der Waals surface area contributed by atoms with Crippen LogP contribution in [0.25, 0.3) is 10.6 Å². The summed E-state index contributed by atoms with van der Waals surface area (Å²) in [7, 11) is 0. The molecule has 3 aromatic rings. The van der Waals surface area contributed by atoms with Crippen molar-refractivity contribution in [1.82, 2.24) is 9.97 Å². The molecule has 0 saturated heterocycles. The number of anilines is 1. The smallest absolute Gasteiger partial charge is 0.291 e. The van der Waals surface area contributed by atoms with Crippen molar-refractivity contribution in [2.75, 3.05) is 11.4 Å². The van der Waals surface area contributed by atoms with Gasteiger partial charge in [-0.25, -0.2) is 9.97 Å². The number of allylic oxidation sites excluding steroid dienone is 3. The number of hydrogen-bond acceptors (Lipinski definition) is 4. The fraction of sp³-hybridized carbons (Fsp3) is 0.269. The van der Waals surface area contributed by atoms with Crippen molar-refractivity contribution >= 4 is 23.1 Å². The van der Waals surface area contributed by atoms with Crippen LogP contribution in [-0.4, -0.2) is 22.4 Å².